The lowest BCUT2D eigenvalue weighted by Gasteiger charge is -1.97. The summed E-state index contributed by atoms with van der Waals surface area (Å²) >= 11 is 1.59. The first kappa shape index (κ1) is 12.2. The average Bonchev–Trinajstić information content (AvgIpc) is 2.81. The van der Waals surface area contributed by atoms with E-state index in [0.29, 0.717) is 17.1 Å². The fourth-order valence-electron chi connectivity index (χ4n) is 1.83. The molecule has 0 atom stereocenters. The second-order valence-corrected chi connectivity index (χ2v) is 5.12. The molecule has 2 aromatic carbocycles. The first-order valence-corrected chi connectivity index (χ1v) is 6.72. The zero-order valence-corrected chi connectivity index (χ0v) is 10.7. The summed E-state index contributed by atoms with van der Waals surface area (Å²) in [5, 5.41) is 0. The topological polar surface area (TPSA) is 28.7 Å². The summed E-state index contributed by atoms with van der Waals surface area (Å²) in [6.07, 6.45) is 0. The molecule has 19 heavy (non-hydrogen) atoms. The summed E-state index contributed by atoms with van der Waals surface area (Å²) in [6, 6.07) is 11.9. The first-order chi connectivity index (χ1) is 9.22. The highest BCUT2D eigenvalue weighted by Gasteiger charge is 2.09. The highest BCUT2D eigenvalue weighted by Crippen LogP contribution is 2.23. The summed E-state index contributed by atoms with van der Waals surface area (Å²) in [4.78, 5) is 8.19. The number of aromatic amines is 1. The zero-order valence-electron chi connectivity index (χ0n) is 9.86. The van der Waals surface area contributed by atoms with Crippen LogP contribution in [0.25, 0.3) is 11.0 Å². The molecule has 96 valence electrons. The molecule has 1 heterocycles. The van der Waals surface area contributed by atoms with Crippen LogP contribution in [0.15, 0.2) is 47.4 Å². The largest absolute Gasteiger partial charge is 0.341 e. The molecule has 0 saturated heterocycles. The smallest absolute Gasteiger partial charge is 0.153 e. The van der Waals surface area contributed by atoms with E-state index < -0.39 is 11.6 Å². The lowest BCUT2D eigenvalue weighted by atomic mass is 10.3. The lowest BCUT2D eigenvalue weighted by Crippen LogP contribution is -1.83. The summed E-state index contributed by atoms with van der Waals surface area (Å²) in [6.45, 7) is 0. The van der Waals surface area contributed by atoms with Crippen LogP contribution < -0.4 is 0 Å². The van der Waals surface area contributed by atoms with Crippen LogP contribution in [-0.2, 0) is 5.75 Å². The Morgan fingerprint density at radius 1 is 1.11 bits per heavy atom. The quantitative estimate of drug-likeness (QED) is 0.728. The summed E-state index contributed by atoms with van der Waals surface area (Å²) in [5.41, 5.74) is 0.575. The predicted molar refractivity (Wildman–Crippen MR) is 72.0 cm³/mol. The summed E-state index contributed by atoms with van der Waals surface area (Å²) in [7, 11) is 0. The molecule has 0 bridgehead atoms. The molecule has 0 aliphatic heterocycles. The van der Waals surface area contributed by atoms with E-state index in [0.717, 1.165) is 11.0 Å². The molecule has 5 heteroatoms. The minimum atomic E-state index is -0.637. The Hall–Kier alpha value is -1.88. The van der Waals surface area contributed by atoms with E-state index in [1.54, 1.807) is 11.8 Å². The molecule has 0 radical (unpaired) electrons. The van der Waals surface area contributed by atoms with Crippen molar-refractivity contribution in [2.24, 2.45) is 0 Å². The molecule has 0 aliphatic rings. The van der Waals surface area contributed by atoms with Gasteiger partial charge in [0.2, 0.25) is 0 Å². The SMILES string of the molecule is Fc1cc(F)c2nc(CSc3ccccc3)[nH]c2c1. The first-order valence-electron chi connectivity index (χ1n) is 5.74. The second-order valence-electron chi connectivity index (χ2n) is 4.07. The van der Waals surface area contributed by atoms with Crippen molar-refractivity contribution < 1.29 is 8.78 Å². The number of thioether (sulfide) groups is 1. The minimum Gasteiger partial charge on any atom is -0.341 e. The number of hydrogen-bond donors (Lipinski definition) is 1. The number of H-pyrrole nitrogens is 1. The number of aromatic nitrogens is 2. The molecular formula is C14H10F2N2S. The van der Waals surface area contributed by atoms with Gasteiger partial charge in [0.15, 0.2) is 5.82 Å². The van der Waals surface area contributed by atoms with E-state index in [2.05, 4.69) is 9.97 Å². The number of nitrogens with zero attached hydrogens (tertiary/aromatic N) is 1. The molecule has 0 saturated carbocycles. The Bertz CT molecular complexity index is 710. The molecular weight excluding hydrogens is 266 g/mol. The maximum absolute atomic E-state index is 13.5. The Kier molecular flexibility index (Phi) is 3.21. The van der Waals surface area contributed by atoms with Crippen LogP contribution in [0.2, 0.25) is 0 Å². The average molecular weight is 276 g/mol. The van der Waals surface area contributed by atoms with Gasteiger partial charge in [0, 0.05) is 11.0 Å². The van der Waals surface area contributed by atoms with E-state index in [1.165, 1.54) is 6.07 Å². The summed E-state index contributed by atoms with van der Waals surface area (Å²) in [5.74, 6) is -0.0220. The van der Waals surface area contributed by atoms with Crippen molar-refractivity contribution in [2.75, 3.05) is 0 Å². The van der Waals surface area contributed by atoms with Crippen LogP contribution in [0.1, 0.15) is 5.82 Å². The molecule has 0 aliphatic carbocycles. The fourth-order valence-corrected chi connectivity index (χ4v) is 2.62. The van der Waals surface area contributed by atoms with E-state index >= 15 is 0 Å². The van der Waals surface area contributed by atoms with Gasteiger partial charge in [-0.25, -0.2) is 13.8 Å². The number of hydrogen-bond acceptors (Lipinski definition) is 2. The highest BCUT2D eigenvalue weighted by atomic mass is 32.2. The Morgan fingerprint density at radius 2 is 1.89 bits per heavy atom. The van der Waals surface area contributed by atoms with Gasteiger partial charge in [0.25, 0.3) is 0 Å². The van der Waals surface area contributed by atoms with Crippen molar-refractivity contribution in [2.45, 2.75) is 10.6 Å². The van der Waals surface area contributed by atoms with Gasteiger partial charge in [-0.15, -0.1) is 11.8 Å². The monoisotopic (exact) mass is 276 g/mol. The van der Waals surface area contributed by atoms with Gasteiger partial charge in [-0.05, 0) is 18.2 Å². The van der Waals surface area contributed by atoms with Crippen molar-refractivity contribution >= 4 is 22.8 Å². The third-order valence-electron chi connectivity index (χ3n) is 2.67. The fraction of sp³-hybridized carbons (Fsp3) is 0.0714. The standard InChI is InChI=1S/C14H10F2N2S/c15-9-6-11(16)14-12(7-9)17-13(18-14)8-19-10-4-2-1-3-5-10/h1-7H,8H2,(H,17,18). The number of rotatable bonds is 3. The van der Waals surface area contributed by atoms with Crippen molar-refractivity contribution in [1.29, 1.82) is 0 Å². The van der Waals surface area contributed by atoms with Crippen LogP contribution in [0.3, 0.4) is 0 Å². The molecule has 0 fully saturated rings. The predicted octanol–water partition coefficient (Wildman–Crippen LogP) is 4.13. The number of benzene rings is 2. The van der Waals surface area contributed by atoms with Gasteiger partial charge in [-0.3, -0.25) is 0 Å². The maximum Gasteiger partial charge on any atom is 0.153 e. The van der Waals surface area contributed by atoms with Gasteiger partial charge < -0.3 is 4.98 Å². The van der Waals surface area contributed by atoms with Gasteiger partial charge >= 0.3 is 0 Å². The van der Waals surface area contributed by atoms with Crippen LogP contribution >= 0.6 is 11.8 Å². The van der Waals surface area contributed by atoms with E-state index in [9.17, 15) is 8.78 Å². The molecule has 2 nitrogen and oxygen atoms in total. The van der Waals surface area contributed by atoms with Gasteiger partial charge in [-0.1, -0.05) is 18.2 Å². The zero-order chi connectivity index (χ0) is 13.2. The van der Waals surface area contributed by atoms with Crippen molar-refractivity contribution in [3.05, 3.63) is 59.9 Å². The molecule has 3 rings (SSSR count). The van der Waals surface area contributed by atoms with Crippen LogP contribution in [0.4, 0.5) is 8.78 Å². The van der Waals surface area contributed by atoms with E-state index in [1.807, 2.05) is 30.3 Å². The number of halogens is 2. The Morgan fingerprint density at radius 3 is 2.68 bits per heavy atom. The summed E-state index contributed by atoms with van der Waals surface area (Å²) < 4.78 is 26.6. The highest BCUT2D eigenvalue weighted by molar-refractivity contribution is 7.98. The van der Waals surface area contributed by atoms with Crippen molar-refractivity contribution in [3.8, 4) is 0 Å². The third kappa shape index (κ3) is 2.61. The van der Waals surface area contributed by atoms with Crippen LogP contribution in [0.5, 0.6) is 0 Å². The molecule has 0 amide bonds. The lowest BCUT2D eigenvalue weighted by molar-refractivity contribution is 0.590. The molecule has 1 aromatic heterocycles. The Labute approximate surface area is 112 Å². The number of fused-ring (bicyclic) bond motifs is 1. The van der Waals surface area contributed by atoms with Gasteiger partial charge in [0.1, 0.15) is 17.2 Å². The number of nitrogens with one attached hydrogen (secondary N) is 1. The normalized spacial score (nSPS) is 11.1. The van der Waals surface area contributed by atoms with Crippen LogP contribution in [-0.4, -0.2) is 9.97 Å². The van der Waals surface area contributed by atoms with Crippen molar-refractivity contribution in [3.63, 3.8) is 0 Å². The third-order valence-corrected chi connectivity index (χ3v) is 3.70. The van der Waals surface area contributed by atoms with Gasteiger partial charge in [0.05, 0.1) is 11.3 Å². The Balaban J connectivity index is 1.84. The molecule has 0 unspecified atom stereocenters. The van der Waals surface area contributed by atoms with E-state index in [4.69, 9.17) is 0 Å². The second kappa shape index (κ2) is 5.01. The minimum absolute atomic E-state index is 0.185. The molecule has 1 N–H and O–H groups in total. The number of imidazole rings is 1. The van der Waals surface area contributed by atoms with Gasteiger partial charge in [-0.2, -0.15) is 0 Å². The van der Waals surface area contributed by atoms with Crippen molar-refractivity contribution in [1.82, 2.24) is 9.97 Å². The van der Waals surface area contributed by atoms with E-state index in [-0.39, 0.29) is 5.52 Å². The molecule has 0 spiro atoms. The molecule has 3 aromatic rings. The maximum atomic E-state index is 13.5. The van der Waals surface area contributed by atoms with Crippen LogP contribution in [0, 0.1) is 11.6 Å².